The molecule has 0 spiro atoms. The van der Waals surface area contributed by atoms with E-state index >= 15 is 0 Å². The van der Waals surface area contributed by atoms with Gasteiger partial charge in [-0.25, -0.2) is 0 Å². The summed E-state index contributed by atoms with van der Waals surface area (Å²) in [6.45, 7) is 2.54. The summed E-state index contributed by atoms with van der Waals surface area (Å²) in [6, 6.07) is 0. The largest absolute Gasteiger partial charge is 0.463 e. The number of hydrogen-bond acceptors (Lipinski definition) is 4. The van der Waals surface area contributed by atoms with Gasteiger partial charge >= 0.3 is 5.97 Å². The average Bonchev–Trinajstić information content (AvgIpc) is 2.44. The van der Waals surface area contributed by atoms with E-state index in [9.17, 15) is 13.6 Å². The summed E-state index contributed by atoms with van der Waals surface area (Å²) in [5.41, 5.74) is 0.0237. The third kappa shape index (κ3) is 7.55. The fourth-order valence-corrected chi connectivity index (χ4v) is 1.84. The zero-order valence-corrected chi connectivity index (χ0v) is 11.8. The van der Waals surface area contributed by atoms with Gasteiger partial charge in [-0.1, -0.05) is 0 Å². The SMILES string of the molecule is CC(CCCC(=O)OCCOC1CCCCO1)=C(F)F. The van der Waals surface area contributed by atoms with Gasteiger partial charge in [0.25, 0.3) is 6.08 Å². The van der Waals surface area contributed by atoms with Crippen molar-refractivity contribution >= 4 is 5.97 Å². The molecule has 0 aromatic heterocycles. The molecule has 1 heterocycles. The molecule has 0 aromatic carbocycles. The van der Waals surface area contributed by atoms with Gasteiger partial charge in [0, 0.05) is 13.0 Å². The lowest BCUT2D eigenvalue weighted by molar-refractivity contribution is -0.173. The summed E-state index contributed by atoms with van der Waals surface area (Å²) in [6.07, 6.45) is 1.88. The van der Waals surface area contributed by atoms with Crippen molar-refractivity contribution in [1.29, 1.82) is 0 Å². The Morgan fingerprint density at radius 2 is 2.05 bits per heavy atom. The van der Waals surface area contributed by atoms with Crippen LogP contribution in [-0.4, -0.2) is 32.1 Å². The lowest BCUT2D eigenvalue weighted by atomic mass is 10.1. The Labute approximate surface area is 118 Å². The van der Waals surface area contributed by atoms with Crippen LogP contribution < -0.4 is 0 Å². The molecule has 0 N–H and O–H groups in total. The molecular formula is C14H22F2O4. The van der Waals surface area contributed by atoms with Crippen LogP contribution in [0.15, 0.2) is 11.7 Å². The predicted octanol–water partition coefficient (Wildman–Crippen LogP) is 3.41. The first kappa shape index (κ1) is 17.0. The Bertz CT molecular complexity index is 321. The second-order valence-corrected chi connectivity index (χ2v) is 4.78. The van der Waals surface area contributed by atoms with E-state index in [-0.39, 0.29) is 37.3 Å². The Morgan fingerprint density at radius 3 is 2.70 bits per heavy atom. The number of esters is 1. The molecule has 0 aliphatic carbocycles. The molecule has 0 aromatic rings. The molecule has 0 bridgehead atoms. The van der Waals surface area contributed by atoms with E-state index in [1.165, 1.54) is 6.92 Å². The molecule has 0 radical (unpaired) electrons. The van der Waals surface area contributed by atoms with Gasteiger partial charge in [0.05, 0.1) is 6.61 Å². The Kier molecular flexibility index (Phi) is 8.37. The smallest absolute Gasteiger partial charge is 0.305 e. The van der Waals surface area contributed by atoms with Crippen LogP contribution in [0.5, 0.6) is 0 Å². The minimum absolute atomic E-state index is 0.0237. The lowest BCUT2D eigenvalue weighted by Gasteiger charge is -2.22. The van der Waals surface area contributed by atoms with E-state index in [0.29, 0.717) is 19.6 Å². The second kappa shape index (κ2) is 9.83. The average molecular weight is 292 g/mol. The number of hydrogen-bond donors (Lipinski definition) is 0. The van der Waals surface area contributed by atoms with Crippen molar-refractivity contribution in [1.82, 2.24) is 0 Å². The van der Waals surface area contributed by atoms with Crippen LogP contribution in [-0.2, 0) is 19.0 Å². The van der Waals surface area contributed by atoms with Crippen LogP contribution in [0, 0.1) is 0 Å². The van der Waals surface area contributed by atoms with Crippen LogP contribution in [0.4, 0.5) is 8.78 Å². The molecule has 1 atom stereocenters. The van der Waals surface area contributed by atoms with Gasteiger partial charge in [-0.05, 0) is 44.6 Å². The summed E-state index contributed by atoms with van der Waals surface area (Å²) in [5, 5.41) is 0. The normalized spacial score (nSPS) is 18.6. The van der Waals surface area contributed by atoms with Crippen LogP contribution in [0.2, 0.25) is 0 Å². The molecule has 1 unspecified atom stereocenters. The van der Waals surface area contributed by atoms with E-state index < -0.39 is 6.08 Å². The summed E-state index contributed by atoms with van der Waals surface area (Å²) >= 11 is 0. The highest BCUT2D eigenvalue weighted by atomic mass is 19.3. The van der Waals surface area contributed by atoms with Gasteiger partial charge in [0.15, 0.2) is 6.29 Å². The molecule has 1 fully saturated rings. The first-order valence-electron chi connectivity index (χ1n) is 6.99. The maximum atomic E-state index is 12.1. The third-order valence-corrected chi connectivity index (χ3v) is 3.04. The van der Waals surface area contributed by atoms with E-state index in [4.69, 9.17) is 14.2 Å². The summed E-state index contributed by atoms with van der Waals surface area (Å²) in [5.74, 6) is -0.384. The predicted molar refractivity (Wildman–Crippen MR) is 69.3 cm³/mol. The lowest BCUT2D eigenvalue weighted by Crippen LogP contribution is -2.24. The van der Waals surface area contributed by atoms with Gasteiger partial charge < -0.3 is 14.2 Å². The van der Waals surface area contributed by atoms with Gasteiger partial charge in [-0.15, -0.1) is 0 Å². The third-order valence-electron chi connectivity index (χ3n) is 3.04. The van der Waals surface area contributed by atoms with Crippen LogP contribution in [0.1, 0.15) is 45.4 Å². The van der Waals surface area contributed by atoms with Gasteiger partial charge in [0.2, 0.25) is 0 Å². The topological polar surface area (TPSA) is 44.8 Å². The first-order chi connectivity index (χ1) is 9.59. The van der Waals surface area contributed by atoms with Crippen LogP contribution >= 0.6 is 0 Å². The highest BCUT2D eigenvalue weighted by molar-refractivity contribution is 5.69. The Morgan fingerprint density at radius 1 is 1.25 bits per heavy atom. The van der Waals surface area contributed by atoms with Gasteiger partial charge in [-0.2, -0.15) is 8.78 Å². The molecule has 1 aliphatic heterocycles. The monoisotopic (exact) mass is 292 g/mol. The van der Waals surface area contributed by atoms with Crippen molar-refractivity contribution in [2.75, 3.05) is 19.8 Å². The maximum absolute atomic E-state index is 12.1. The number of ether oxygens (including phenoxy) is 3. The standard InChI is InChI=1S/C14H22F2O4/c1-11(14(15)16)5-4-6-12(17)18-9-10-20-13-7-2-3-8-19-13/h13H,2-10H2,1H3. The number of rotatable bonds is 8. The summed E-state index contributed by atoms with van der Waals surface area (Å²) < 4.78 is 39.9. The number of halogens is 2. The minimum Gasteiger partial charge on any atom is -0.463 e. The summed E-state index contributed by atoms with van der Waals surface area (Å²) in [7, 11) is 0. The molecule has 116 valence electrons. The fraction of sp³-hybridized carbons (Fsp3) is 0.786. The molecule has 6 heteroatoms. The highest BCUT2D eigenvalue weighted by Gasteiger charge is 2.13. The van der Waals surface area contributed by atoms with Gasteiger partial charge in [-0.3, -0.25) is 4.79 Å². The fourth-order valence-electron chi connectivity index (χ4n) is 1.84. The van der Waals surface area contributed by atoms with E-state index in [1.54, 1.807) is 0 Å². The van der Waals surface area contributed by atoms with E-state index in [2.05, 4.69) is 0 Å². The number of carbonyl (C=O) groups is 1. The van der Waals surface area contributed by atoms with Crippen molar-refractivity contribution in [3.63, 3.8) is 0 Å². The Balaban J connectivity index is 1.98. The molecular weight excluding hydrogens is 270 g/mol. The van der Waals surface area contributed by atoms with Crippen molar-refractivity contribution in [3.05, 3.63) is 11.7 Å². The Hall–Kier alpha value is -1.01. The second-order valence-electron chi connectivity index (χ2n) is 4.78. The van der Waals surface area contributed by atoms with Crippen molar-refractivity contribution < 1.29 is 27.8 Å². The van der Waals surface area contributed by atoms with Gasteiger partial charge in [0.1, 0.15) is 6.61 Å². The molecule has 0 saturated carbocycles. The quantitative estimate of drug-likeness (QED) is 0.508. The summed E-state index contributed by atoms with van der Waals surface area (Å²) in [4.78, 5) is 11.3. The number of carbonyl (C=O) groups excluding carboxylic acids is 1. The van der Waals surface area contributed by atoms with Crippen molar-refractivity contribution in [2.45, 2.75) is 51.7 Å². The minimum atomic E-state index is -1.67. The maximum Gasteiger partial charge on any atom is 0.305 e. The molecule has 1 aliphatic rings. The molecule has 20 heavy (non-hydrogen) atoms. The molecule has 4 nitrogen and oxygen atoms in total. The molecule has 1 rings (SSSR count). The van der Waals surface area contributed by atoms with Crippen LogP contribution in [0.3, 0.4) is 0 Å². The van der Waals surface area contributed by atoms with E-state index in [0.717, 1.165) is 19.3 Å². The number of allylic oxidation sites excluding steroid dienone is 1. The molecule has 0 amide bonds. The van der Waals surface area contributed by atoms with Crippen molar-refractivity contribution in [3.8, 4) is 0 Å². The zero-order chi connectivity index (χ0) is 14.8. The first-order valence-corrected chi connectivity index (χ1v) is 6.99. The molecule has 1 saturated heterocycles. The van der Waals surface area contributed by atoms with Crippen LogP contribution in [0.25, 0.3) is 0 Å². The van der Waals surface area contributed by atoms with E-state index in [1.807, 2.05) is 0 Å². The van der Waals surface area contributed by atoms with Crippen molar-refractivity contribution in [2.24, 2.45) is 0 Å². The zero-order valence-electron chi connectivity index (χ0n) is 11.8. The highest BCUT2D eigenvalue weighted by Crippen LogP contribution is 2.15.